The summed E-state index contributed by atoms with van der Waals surface area (Å²) < 4.78 is 5.36. The first-order valence-electron chi connectivity index (χ1n) is 9.35. The van der Waals surface area contributed by atoms with Gasteiger partial charge in [0.25, 0.3) is 5.91 Å². The summed E-state index contributed by atoms with van der Waals surface area (Å²) in [5.74, 6) is -1.04. The van der Waals surface area contributed by atoms with Crippen LogP contribution in [0.5, 0.6) is 0 Å². The lowest BCUT2D eigenvalue weighted by atomic mass is 10.1. The van der Waals surface area contributed by atoms with Crippen molar-refractivity contribution in [2.45, 2.75) is 38.4 Å². The molecule has 9 nitrogen and oxygen atoms in total. The molecule has 0 bridgehead atoms. The van der Waals surface area contributed by atoms with Gasteiger partial charge in [0, 0.05) is 31.4 Å². The maximum absolute atomic E-state index is 12.7. The van der Waals surface area contributed by atoms with Crippen molar-refractivity contribution in [3.63, 3.8) is 0 Å². The third-order valence-corrected chi connectivity index (χ3v) is 5.43. The van der Waals surface area contributed by atoms with Crippen LogP contribution >= 0.6 is 11.6 Å². The molecule has 0 aromatic carbocycles. The number of aliphatic carboxylic acids is 1. The lowest BCUT2D eigenvalue weighted by Crippen LogP contribution is -2.39. The van der Waals surface area contributed by atoms with Crippen LogP contribution in [-0.2, 0) is 16.1 Å². The van der Waals surface area contributed by atoms with E-state index < -0.39 is 17.9 Å². The molecule has 2 aromatic rings. The van der Waals surface area contributed by atoms with Crippen LogP contribution in [-0.4, -0.2) is 62.1 Å². The van der Waals surface area contributed by atoms with E-state index in [-0.39, 0.29) is 18.3 Å². The Morgan fingerprint density at radius 3 is 2.79 bits per heavy atom. The van der Waals surface area contributed by atoms with Crippen molar-refractivity contribution in [2.24, 2.45) is 0 Å². The zero-order valence-corrected chi connectivity index (χ0v) is 16.5. The van der Waals surface area contributed by atoms with E-state index in [1.54, 1.807) is 12.1 Å². The van der Waals surface area contributed by atoms with Crippen LogP contribution in [0.15, 0.2) is 18.3 Å². The highest BCUT2D eigenvalue weighted by Crippen LogP contribution is 2.30. The van der Waals surface area contributed by atoms with Gasteiger partial charge in [-0.15, -0.1) is 0 Å². The largest absolute Gasteiger partial charge is 0.480 e. The van der Waals surface area contributed by atoms with Gasteiger partial charge in [-0.1, -0.05) is 17.7 Å². The molecule has 4 heterocycles. The van der Waals surface area contributed by atoms with Crippen LogP contribution < -0.4 is 5.32 Å². The van der Waals surface area contributed by atoms with Gasteiger partial charge in [0.1, 0.15) is 17.4 Å². The average molecular weight is 418 g/mol. The molecule has 10 heteroatoms. The number of amides is 1. The smallest absolute Gasteiger partial charge is 0.326 e. The number of halogens is 1. The summed E-state index contributed by atoms with van der Waals surface area (Å²) in [6.07, 6.45) is 3.23. The highest BCUT2D eigenvalue weighted by atomic mass is 35.5. The fourth-order valence-electron chi connectivity index (χ4n) is 3.41. The first kappa shape index (κ1) is 19.5. The summed E-state index contributed by atoms with van der Waals surface area (Å²) in [4.78, 5) is 38.4. The van der Waals surface area contributed by atoms with E-state index in [2.05, 4.69) is 20.3 Å². The number of pyridine rings is 1. The number of anilines is 1. The Labute approximate surface area is 172 Å². The third-order valence-electron chi connectivity index (χ3n) is 5.15. The Kier molecular flexibility index (Phi) is 5.33. The number of aromatic nitrogens is 3. The average Bonchev–Trinajstić information content (AvgIpc) is 3.05. The normalized spacial score (nSPS) is 17.9. The second-order valence-electron chi connectivity index (χ2n) is 7.07. The van der Waals surface area contributed by atoms with Crippen molar-refractivity contribution >= 4 is 29.4 Å². The van der Waals surface area contributed by atoms with Gasteiger partial charge in [0.15, 0.2) is 0 Å². The first-order chi connectivity index (χ1) is 13.9. The molecule has 4 rings (SSSR count). The predicted molar refractivity (Wildman–Crippen MR) is 105 cm³/mol. The number of ether oxygens (including phenoxy) is 1. The highest BCUT2D eigenvalue weighted by Gasteiger charge is 2.35. The second kappa shape index (κ2) is 7.92. The third kappa shape index (κ3) is 3.88. The summed E-state index contributed by atoms with van der Waals surface area (Å²) in [6.45, 7) is 3.07. The molecule has 0 aliphatic carbocycles. The molecule has 1 unspecified atom stereocenters. The lowest BCUT2D eigenvalue weighted by molar-refractivity contribution is -0.141. The Balaban J connectivity index is 1.61. The van der Waals surface area contributed by atoms with Crippen molar-refractivity contribution in [1.29, 1.82) is 0 Å². The molecule has 2 N–H and O–H groups in total. The highest BCUT2D eigenvalue weighted by molar-refractivity contribution is 6.32. The summed E-state index contributed by atoms with van der Waals surface area (Å²) in [7, 11) is 0. The lowest BCUT2D eigenvalue weighted by Gasteiger charge is -2.23. The Bertz CT molecular complexity index is 964. The van der Waals surface area contributed by atoms with Gasteiger partial charge in [0.2, 0.25) is 5.95 Å². The number of fused-ring (bicyclic) bond motifs is 1. The van der Waals surface area contributed by atoms with E-state index in [4.69, 9.17) is 16.3 Å². The Hall–Kier alpha value is -2.78. The van der Waals surface area contributed by atoms with Crippen LogP contribution in [0.1, 0.15) is 35.8 Å². The van der Waals surface area contributed by atoms with Crippen molar-refractivity contribution in [3.05, 3.63) is 34.6 Å². The van der Waals surface area contributed by atoms with E-state index >= 15 is 0 Å². The van der Waals surface area contributed by atoms with E-state index in [0.29, 0.717) is 41.1 Å². The number of carboxylic acids is 1. The van der Waals surface area contributed by atoms with Gasteiger partial charge in [0.05, 0.1) is 16.9 Å². The Morgan fingerprint density at radius 1 is 1.31 bits per heavy atom. The molecule has 2 aliphatic heterocycles. The summed E-state index contributed by atoms with van der Waals surface area (Å²) >= 11 is 6.30. The van der Waals surface area contributed by atoms with Crippen LogP contribution in [0.2, 0.25) is 5.02 Å². The zero-order valence-electron chi connectivity index (χ0n) is 15.8. The van der Waals surface area contributed by atoms with Gasteiger partial charge in [-0.3, -0.25) is 4.79 Å². The molecule has 29 heavy (non-hydrogen) atoms. The topological polar surface area (TPSA) is 118 Å². The molecule has 2 aromatic heterocycles. The van der Waals surface area contributed by atoms with E-state index in [0.717, 1.165) is 12.8 Å². The van der Waals surface area contributed by atoms with Gasteiger partial charge in [-0.05, 0) is 25.8 Å². The van der Waals surface area contributed by atoms with Crippen molar-refractivity contribution in [3.8, 4) is 11.4 Å². The predicted octanol–water partition coefficient (Wildman–Crippen LogP) is 2.21. The van der Waals surface area contributed by atoms with Gasteiger partial charge in [-0.25, -0.2) is 19.7 Å². The SMILES string of the molecule is CC(C(=O)O)N1Cc2ccc(-c3nc(NC4CCOCC4)ncc3Cl)nc2C1=O. The van der Waals surface area contributed by atoms with Gasteiger partial charge >= 0.3 is 5.97 Å². The fourth-order valence-corrected chi connectivity index (χ4v) is 3.60. The van der Waals surface area contributed by atoms with E-state index in [9.17, 15) is 14.7 Å². The van der Waals surface area contributed by atoms with E-state index in [1.165, 1.54) is 18.0 Å². The monoisotopic (exact) mass is 417 g/mol. The summed E-state index contributed by atoms with van der Waals surface area (Å²) in [6, 6.07) is 2.78. The number of nitrogens with one attached hydrogen (secondary N) is 1. The quantitative estimate of drug-likeness (QED) is 0.760. The minimum atomic E-state index is -1.06. The number of carboxylic acid groups (broad SMARTS) is 1. The molecule has 0 spiro atoms. The fraction of sp³-hybridized carbons (Fsp3) is 0.421. The molecule has 1 amide bonds. The molecular formula is C19H20ClN5O4. The minimum absolute atomic E-state index is 0.211. The molecule has 152 valence electrons. The number of rotatable bonds is 5. The zero-order chi connectivity index (χ0) is 20.5. The minimum Gasteiger partial charge on any atom is -0.480 e. The van der Waals surface area contributed by atoms with Crippen molar-refractivity contribution in [2.75, 3.05) is 18.5 Å². The number of nitrogens with zero attached hydrogens (tertiary/aromatic N) is 4. The van der Waals surface area contributed by atoms with Crippen molar-refractivity contribution in [1.82, 2.24) is 19.9 Å². The van der Waals surface area contributed by atoms with Gasteiger partial charge < -0.3 is 20.1 Å². The number of carbonyl (C=O) groups excluding carboxylic acids is 1. The standard InChI is InChI=1S/C19H20ClN5O4/c1-10(18(27)28)25-9-11-2-3-14(23-15(11)17(25)26)16-13(20)8-21-19(24-16)22-12-4-6-29-7-5-12/h2-3,8,10,12H,4-7,9H2,1H3,(H,27,28)(H,21,22,24). The van der Waals surface area contributed by atoms with Crippen LogP contribution in [0, 0.1) is 0 Å². The molecule has 1 atom stereocenters. The molecule has 1 saturated heterocycles. The maximum atomic E-state index is 12.7. The van der Waals surface area contributed by atoms with E-state index in [1.807, 2.05) is 0 Å². The maximum Gasteiger partial charge on any atom is 0.326 e. The molecule has 0 radical (unpaired) electrons. The van der Waals surface area contributed by atoms with Crippen LogP contribution in [0.3, 0.4) is 0 Å². The number of carbonyl (C=O) groups is 2. The van der Waals surface area contributed by atoms with Crippen LogP contribution in [0.25, 0.3) is 11.4 Å². The van der Waals surface area contributed by atoms with Crippen LogP contribution in [0.4, 0.5) is 5.95 Å². The second-order valence-corrected chi connectivity index (χ2v) is 7.48. The first-order valence-corrected chi connectivity index (χ1v) is 9.72. The number of hydrogen-bond acceptors (Lipinski definition) is 7. The Morgan fingerprint density at radius 2 is 2.07 bits per heavy atom. The van der Waals surface area contributed by atoms with Crippen molar-refractivity contribution < 1.29 is 19.4 Å². The molecule has 0 saturated carbocycles. The molecule has 2 aliphatic rings. The van der Waals surface area contributed by atoms with Gasteiger partial charge in [-0.2, -0.15) is 0 Å². The molecule has 1 fully saturated rings. The summed E-state index contributed by atoms with van der Waals surface area (Å²) in [5.41, 5.74) is 1.75. The summed E-state index contributed by atoms with van der Waals surface area (Å²) in [5, 5.41) is 12.8. The molecular weight excluding hydrogens is 398 g/mol. The number of hydrogen-bond donors (Lipinski definition) is 2.